The second-order valence-corrected chi connectivity index (χ2v) is 10.3. The van der Waals surface area contributed by atoms with Gasteiger partial charge >= 0.3 is 0 Å². The van der Waals surface area contributed by atoms with Gasteiger partial charge in [-0.1, -0.05) is 43.7 Å². The van der Waals surface area contributed by atoms with Crippen molar-refractivity contribution in [2.24, 2.45) is 5.92 Å². The van der Waals surface area contributed by atoms with E-state index < -0.39 is 27.9 Å². The summed E-state index contributed by atoms with van der Waals surface area (Å²) in [4.78, 5) is 31.7. The average molecular weight is 522 g/mol. The Morgan fingerprint density at radius 1 is 1.24 bits per heavy atom. The number of nitrogens with one attached hydrogen (secondary N) is 1. The normalized spacial score (nSPS) is 19.8. The Balaban J connectivity index is 1.44. The molecule has 9 nitrogen and oxygen atoms in total. The predicted molar refractivity (Wildman–Crippen MR) is 137 cm³/mol. The van der Waals surface area contributed by atoms with Gasteiger partial charge in [0.25, 0.3) is 0 Å². The first kappa shape index (κ1) is 23.6. The van der Waals surface area contributed by atoms with Crippen molar-refractivity contribution in [1.29, 1.82) is 0 Å². The van der Waals surface area contributed by atoms with Crippen LogP contribution in [0.5, 0.6) is 5.75 Å². The van der Waals surface area contributed by atoms with Gasteiger partial charge in [-0.25, -0.2) is 24.3 Å². The molecule has 37 heavy (non-hydrogen) atoms. The summed E-state index contributed by atoms with van der Waals surface area (Å²) in [5.74, 6) is -0.719. The fourth-order valence-electron chi connectivity index (χ4n) is 5.57. The van der Waals surface area contributed by atoms with E-state index in [1.807, 2.05) is 10.6 Å². The first-order chi connectivity index (χ1) is 17.8. The lowest BCUT2D eigenvalue weighted by atomic mass is 9.77. The summed E-state index contributed by atoms with van der Waals surface area (Å²) in [6, 6.07) is 2.36. The zero-order chi connectivity index (χ0) is 25.9. The molecule has 3 aromatic heterocycles. The number of rotatable bonds is 4. The molecule has 1 aromatic carbocycles. The fraction of sp³-hybridized carbons (Fsp3) is 0.346. The largest absolute Gasteiger partial charge is 0.506 e. The van der Waals surface area contributed by atoms with Crippen molar-refractivity contribution in [3.05, 3.63) is 58.4 Å². The SMILES string of the molecule is CC1(c2cc(O)c(Cl)c(F)c2)C(=O)Nc2nc(-c3cn4ccnc4c(CC4CCCCC4)n3)nc(N)c21. The number of imidazole rings is 1. The number of halogens is 2. The first-order valence-corrected chi connectivity index (χ1v) is 12.6. The molecule has 2 aliphatic rings. The predicted octanol–water partition coefficient (Wildman–Crippen LogP) is 4.65. The van der Waals surface area contributed by atoms with E-state index in [9.17, 15) is 14.3 Å². The molecule has 190 valence electrons. The van der Waals surface area contributed by atoms with Gasteiger partial charge in [0.15, 0.2) is 11.5 Å². The average Bonchev–Trinajstić information content (AvgIpc) is 3.46. The minimum absolute atomic E-state index is 0.0528. The number of carbonyl (C=O) groups excluding carboxylic acids is 1. The number of aromatic nitrogens is 5. The zero-order valence-electron chi connectivity index (χ0n) is 20.1. The Morgan fingerprint density at radius 3 is 2.78 bits per heavy atom. The second-order valence-electron chi connectivity index (χ2n) is 9.97. The van der Waals surface area contributed by atoms with Gasteiger partial charge in [0.05, 0.1) is 11.3 Å². The van der Waals surface area contributed by atoms with Crippen molar-refractivity contribution in [3.63, 3.8) is 0 Å². The second kappa shape index (κ2) is 8.65. The highest BCUT2D eigenvalue weighted by Gasteiger charge is 2.48. The molecule has 1 amide bonds. The number of amides is 1. The van der Waals surface area contributed by atoms with Crippen LogP contribution in [-0.4, -0.2) is 35.4 Å². The third kappa shape index (κ3) is 3.78. The number of phenolic OH excluding ortho intramolecular Hbond substituents is 1. The third-order valence-electron chi connectivity index (χ3n) is 7.59. The summed E-state index contributed by atoms with van der Waals surface area (Å²) in [6.07, 6.45) is 12.3. The Bertz CT molecular complexity index is 1540. The third-order valence-corrected chi connectivity index (χ3v) is 7.96. The number of anilines is 2. The zero-order valence-corrected chi connectivity index (χ0v) is 20.9. The molecule has 1 aliphatic carbocycles. The van der Waals surface area contributed by atoms with E-state index in [0.717, 1.165) is 23.8 Å². The maximum absolute atomic E-state index is 14.4. The van der Waals surface area contributed by atoms with Crippen molar-refractivity contribution < 1.29 is 14.3 Å². The number of aromatic hydroxyl groups is 1. The lowest BCUT2D eigenvalue weighted by Crippen LogP contribution is -2.33. The minimum Gasteiger partial charge on any atom is -0.506 e. The fourth-order valence-corrected chi connectivity index (χ4v) is 5.68. The molecular weight excluding hydrogens is 497 g/mol. The van der Waals surface area contributed by atoms with E-state index >= 15 is 0 Å². The summed E-state index contributed by atoms with van der Waals surface area (Å²) >= 11 is 5.78. The lowest BCUT2D eigenvalue weighted by Gasteiger charge is -2.24. The Morgan fingerprint density at radius 2 is 2.03 bits per heavy atom. The van der Waals surface area contributed by atoms with Gasteiger partial charge in [0.2, 0.25) is 5.91 Å². The summed E-state index contributed by atoms with van der Waals surface area (Å²) < 4.78 is 16.3. The van der Waals surface area contributed by atoms with Crippen LogP contribution in [0.2, 0.25) is 5.02 Å². The topological polar surface area (TPSA) is 131 Å². The standard InChI is InChI=1S/C26H25ClFN7O2/c1-26(14-10-15(28)20(27)18(36)11-14)19-21(29)32-22(33-23(19)34-25(26)37)17-12-35-8-7-30-24(35)16(31-17)9-13-5-3-2-4-6-13/h7-8,10-13,36H,2-6,9H2,1H3,(H3,29,32,33,34,37). The lowest BCUT2D eigenvalue weighted by molar-refractivity contribution is -0.119. The van der Waals surface area contributed by atoms with E-state index in [4.69, 9.17) is 22.3 Å². The molecular formula is C26H25ClFN7O2. The van der Waals surface area contributed by atoms with Crippen LogP contribution >= 0.6 is 11.6 Å². The summed E-state index contributed by atoms with van der Waals surface area (Å²) in [6.45, 7) is 1.58. The number of fused-ring (bicyclic) bond motifs is 2. The van der Waals surface area contributed by atoms with Crippen molar-refractivity contribution in [1.82, 2.24) is 24.3 Å². The highest BCUT2D eigenvalue weighted by atomic mass is 35.5. The molecule has 4 N–H and O–H groups in total. The summed E-state index contributed by atoms with van der Waals surface area (Å²) in [5, 5.41) is 12.4. The van der Waals surface area contributed by atoms with E-state index in [1.54, 1.807) is 19.3 Å². The highest BCUT2D eigenvalue weighted by Crippen LogP contribution is 2.46. The van der Waals surface area contributed by atoms with Gasteiger partial charge in [-0.2, -0.15) is 0 Å². The molecule has 1 unspecified atom stereocenters. The molecule has 4 heterocycles. The van der Waals surface area contributed by atoms with Crippen LogP contribution in [-0.2, 0) is 16.6 Å². The molecule has 1 aliphatic heterocycles. The van der Waals surface area contributed by atoms with Crippen LogP contribution in [0, 0.1) is 11.7 Å². The Hall–Kier alpha value is -3.79. The van der Waals surface area contributed by atoms with Gasteiger partial charge in [0, 0.05) is 18.6 Å². The molecule has 4 aromatic rings. The number of hydrogen-bond acceptors (Lipinski definition) is 7. The van der Waals surface area contributed by atoms with Crippen LogP contribution in [0.3, 0.4) is 0 Å². The van der Waals surface area contributed by atoms with Crippen LogP contribution in [0.25, 0.3) is 17.2 Å². The van der Waals surface area contributed by atoms with Crippen LogP contribution in [0.1, 0.15) is 55.8 Å². The quantitative estimate of drug-likeness (QED) is 0.356. The van der Waals surface area contributed by atoms with Crippen LogP contribution in [0.4, 0.5) is 16.0 Å². The molecule has 0 bridgehead atoms. The Kier molecular flexibility index (Phi) is 5.52. The highest BCUT2D eigenvalue weighted by molar-refractivity contribution is 6.32. The molecule has 1 fully saturated rings. The number of nitrogens with zero attached hydrogens (tertiary/aromatic N) is 5. The number of nitrogen functional groups attached to an aromatic ring is 1. The number of benzene rings is 1. The van der Waals surface area contributed by atoms with Crippen molar-refractivity contribution >= 4 is 34.8 Å². The number of hydrogen-bond donors (Lipinski definition) is 3. The van der Waals surface area contributed by atoms with Crippen LogP contribution < -0.4 is 11.1 Å². The molecule has 1 atom stereocenters. The smallest absolute Gasteiger partial charge is 0.240 e. The summed E-state index contributed by atoms with van der Waals surface area (Å²) in [7, 11) is 0. The molecule has 1 saturated carbocycles. The van der Waals surface area contributed by atoms with Gasteiger partial charge in [-0.05, 0) is 37.0 Å². The van der Waals surface area contributed by atoms with Gasteiger partial charge in [0.1, 0.15) is 39.3 Å². The Labute approximate surface area is 216 Å². The van der Waals surface area contributed by atoms with Gasteiger partial charge in [-0.3, -0.25) is 4.79 Å². The van der Waals surface area contributed by atoms with Crippen molar-refractivity contribution in [2.45, 2.75) is 50.9 Å². The van der Waals surface area contributed by atoms with Gasteiger partial charge < -0.3 is 20.6 Å². The monoisotopic (exact) mass is 521 g/mol. The first-order valence-electron chi connectivity index (χ1n) is 12.3. The van der Waals surface area contributed by atoms with Crippen molar-refractivity contribution in [3.8, 4) is 17.3 Å². The molecule has 6 rings (SSSR count). The van der Waals surface area contributed by atoms with E-state index in [-0.39, 0.29) is 23.0 Å². The maximum Gasteiger partial charge on any atom is 0.240 e. The molecule has 0 radical (unpaired) electrons. The minimum atomic E-state index is -1.44. The number of nitrogens with two attached hydrogens (primary N) is 1. The summed E-state index contributed by atoms with van der Waals surface area (Å²) in [5.41, 5.74) is 7.62. The van der Waals surface area contributed by atoms with Gasteiger partial charge in [-0.15, -0.1) is 0 Å². The van der Waals surface area contributed by atoms with E-state index in [0.29, 0.717) is 17.2 Å². The van der Waals surface area contributed by atoms with E-state index in [1.165, 1.54) is 38.2 Å². The molecule has 0 spiro atoms. The molecule has 0 saturated heterocycles. The van der Waals surface area contributed by atoms with E-state index in [2.05, 4.69) is 20.3 Å². The molecule has 11 heteroatoms. The maximum atomic E-state index is 14.4. The van der Waals surface area contributed by atoms with Crippen LogP contribution in [0.15, 0.2) is 30.7 Å². The number of phenols is 1. The number of carbonyl (C=O) groups is 1. The van der Waals surface area contributed by atoms with Crippen molar-refractivity contribution in [2.75, 3.05) is 11.1 Å².